The fraction of sp³-hybridized carbons (Fsp3) is 0.409. The standard InChI is InChI=1S/C22H25FN2O2.2ClH/c1-24-12-18-13-25(11-15-6-8-16(9-7-15)22(26)27-2)14-20(18)21(24)17-4-3-5-19(23)10-17;;/h3-10,18,20-21H,11-14H2,1-2H3;2*1H/t18-,20+,21-;;/m0../s1. The van der Waals surface area contributed by atoms with Gasteiger partial charge in [-0.25, -0.2) is 9.18 Å². The van der Waals surface area contributed by atoms with E-state index in [4.69, 9.17) is 4.74 Å². The monoisotopic (exact) mass is 440 g/mol. The van der Waals surface area contributed by atoms with Crippen LogP contribution in [-0.2, 0) is 11.3 Å². The first-order chi connectivity index (χ1) is 13.0. The molecule has 0 N–H and O–H groups in total. The molecular formula is C22H27Cl2FN2O2. The quantitative estimate of drug-likeness (QED) is 0.667. The number of ether oxygens (including phenoxy) is 1. The van der Waals surface area contributed by atoms with Gasteiger partial charge in [0, 0.05) is 32.2 Å². The van der Waals surface area contributed by atoms with Gasteiger partial charge in [0.25, 0.3) is 0 Å². The van der Waals surface area contributed by atoms with Crippen molar-refractivity contribution in [3.05, 3.63) is 71.0 Å². The van der Waals surface area contributed by atoms with Crippen molar-refractivity contribution >= 4 is 30.8 Å². The third-order valence-electron chi connectivity index (χ3n) is 5.94. The molecule has 4 rings (SSSR count). The Bertz CT molecular complexity index is 834. The summed E-state index contributed by atoms with van der Waals surface area (Å²) in [6, 6.07) is 14.9. The minimum Gasteiger partial charge on any atom is -0.465 e. The highest BCUT2D eigenvalue weighted by atomic mass is 35.5. The second-order valence-electron chi connectivity index (χ2n) is 7.75. The van der Waals surface area contributed by atoms with Gasteiger partial charge in [0.05, 0.1) is 12.7 Å². The molecule has 2 aliphatic rings. The Balaban J connectivity index is 0.00000150. The van der Waals surface area contributed by atoms with Crippen molar-refractivity contribution in [3.63, 3.8) is 0 Å². The van der Waals surface area contributed by atoms with Crippen LogP contribution in [0.4, 0.5) is 4.39 Å². The van der Waals surface area contributed by atoms with E-state index in [-0.39, 0.29) is 42.6 Å². The van der Waals surface area contributed by atoms with Crippen molar-refractivity contribution in [2.75, 3.05) is 33.8 Å². The predicted molar refractivity (Wildman–Crippen MR) is 116 cm³/mol. The van der Waals surface area contributed by atoms with Crippen LogP contribution in [-0.4, -0.2) is 49.6 Å². The fourth-order valence-electron chi connectivity index (χ4n) is 4.79. The topological polar surface area (TPSA) is 32.8 Å². The zero-order valence-electron chi connectivity index (χ0n) is 16.6. The highest BCUT2D eigenvalue weighted by Crippen LogP contribution is 2.44. The van der Waals surface area contributed by atoms with E-state index in [0.29, 0.717) is 17.4 Å². The number of hydrogen-bond acceptors (Lipinski definition) is 4. The van der Waals surface area contributed by atoms with Crippen LogP contribution in [0.25, 0.3) is 0 Å². The number of carbonyl (C=O) groups is 1. The zero-order valence-corrected chi connectivity index (χ0v) is 18.2. The summed E-state index contributed by atoms with van der Waals surface area (Å²) in [7, 11) is 3.54. The van der Waals surface area contributed by atoms with Crippen molar-refractivity contribution in [3.8, 4) is 0 Å². The molecule has 7 heteroatoms. The zero-order chi connectivity index (χ0) is 19.0. The normalized spacial score (nSPS) is 23.8. The van der Waals surface area contributed by atoms with Crippen molar-refractivity contribution in [2.45, 2.75) is 12.6 Å². The molecule has 0 aliphatic carbocycles. The number of halogens is 3. The Labute approximate surface area is 183 Å². The molecule has 0 amide bonds. The number of benzene rings is 2. The molecule has 0 spiro atoms. The van der Waals surface area contributed by atoms with Gasteiger partial charge >= 0.3 is 5.97 Å². The Morgan fingerprint density at radius 3 is 2.48 bits per heavy atom. The lowest BCUT2D eigenvalue weighted by Crippen LogP contribution is -2.29. The number of hydrogen-bond donors (Lipinski definition) is 0. The molecule has 2 aromatic rings. The minimum absolute atomic E-state index is 0. The summed E-state index contributed by atoms with van der Waals surface area (Å²) in [6.07, 6.45) is 0. The van der Waals surface area contributed by atoms with Crippen molar-refractivity contribution in [1.82, 2.24) is 9.80 Å². The summed E-state index contributed by atoms with van der Waals surface area (Å²) < 4.78 is 18.5. The maximum Gasteiger partial charge on any atom is 0.337 e. The first kappa shape index (κ1) is 23.6. The average Bonchev–Trinajstić information content (AvgIpc) is 3.17. The lowest BCUT2D eigenvalue weighted by Gasteiger charge is -2.27. The van der Waals surface area contributed by atoms with Crippen LogP contribution < -0.4 is 0 Å². The van der Waals surface area contributed by atoms with E-state index in [0.717, 1.165) is 31.7 Å². The van der Waals surface area contributed by atoms with Gasteiger partial charge in [0.2, 0.25) is 0 Å². The number of fused-ring (bicyclic) bond motifs is 1. The van der Waals surface area contributed by atoms with E-state index < -0.39 is 0 Å². The van der Waals surface area contributed by atoms with E-state index in [1.165, 1.54) is 18.7 Å². The van der Waals surface area contributed by atoms with Gasteiger partial charge in [-0.15, -0.1) is 24.8 Å². The summed E-state index contributed by atoms with van der Waals surface area (Å²) in [5.74, 6) is 0.659. The molecule has 0 saturated carbocycles. The average molecular weight is 441 g/mol. The number of methoxy groups -OCH3 is 1. The Kier molecular flexibility index (Phi) is 8.06. The van der Waals surface area contributed by atoms with Gasteiger partial charge < -0.3 is 4.74 Å². The van der Waals surface area contributed by atoms with Crippen LogP contribution in [0.5, 0.6) is 0 Å². The molecular weight excluding hydrogens is 414 g/mol. The summed E-state index contributed by atoms with van der Waals surface area (Å²) in [6.45, 7) is 3.98. The summed E-state index contributed by atoms with van der Waals surface area (Å²) >= 11 is 0. The van der Waals surface area contributed by atoms with Crippen LogP contribution in [0.15, 0.2) is 48.5 Å². The molecule has 0 bridgehead atoms. The lowest BCUT2D eigenvalue weighted by molar-refractivity contribution is 0.0600. The molecule has 2 aromatic carbocycles. The lowest BCUT2D eigenvalue weighted by atomic mass is 9.89. The molecule has 2 heterocycles. The molecule has 0 unspecified atom stereocenters. The van der Waals surface area contributed by atoms with E-state index in [1.807, 2.05) is 30.3 Å². The number of carbonyl (C=O) groups excluding carboxylic acids is 1. The van der Waals surface area contributed by atoms with Gasteiger partial charge in [0.15, 0.2) is 0 Å². The van der Waals surface area contributed by atoms with E-state index in [9.17, 15) is 9.18 Å². The van der Waals surface area contributed by atoms with Crippen LogP contribution >= 0.6 is 24.8 Å². The Morgan fingerprint density at radius 2 is 1.83 bits per heavy atom. The molecule has 158 valence electrons. The Hall–Kier alpha value is -1.66. The first-order valence-corrected chi connectivity index (χ1v) is 9.40. The van der Waals surface area contributed by atoms with Gasteiger partial charge in [-0.1, -0.05) is 24.3 Å². The maximum atomic E-state index is 13.7. The van der Waals surface area contributed by atoms with Crippen LogP contribution in [0.1, 0.15) is 27.5 Å². The highest BCUT2D eigenvalue weighted by Gasteiger charge is 2.45. The second kappa shape index (κ2) is 9.90. The molecule has 2 saturated heterocycles. The molecule has 0 radical (unpaired) electrons. The summed E-state index contributed by atoms with van der Waals surface area (Å²) in [5, 5.41) is 0. The van der Waals surface area contributed by atoms with Gasteiger partial charge in [-0.05, 0) is 54.3 Å². The largest absolute Gasteiger partial charge is 0.465 e. The van der Waals surface area contributed by atoms with E-state index >= 15 is 0 Å². The number of esters is 1. The summed E-state index contributed by atoms with van der Waals surface area (Å²) in [4.78, 5) is 16.4. The predicted octanol–water partition coefficient (Wildman–Crippen LogP) is 4.19. The molecule has 0 aromatic heterocycles. The summed E-state index contributed by atoms with van der Waals surface area (Å²) in [5.41, 5.74) is 2.85. The number of likely N-dealkylation sites (tertiary alicyclic amines) is 2. The van der Waals surface area contributed by atoms with E-state index in [2.05, 4.69) is 16.8 Å². The molecule has 2 fully saturated rings. The van der Waals surface area contributed by atoms with Crippen molar-refractivity contribution < 1.29 is 13.9 Å². The minimum atomic E-state index is -0.307. The third kappa shape index (κ3) is 4.92. The molecule has 2 aliphatic heterocycles. The van der Waals surface area contributed by atoms with Crippen LogP contribution in [0.2, 0.25) is 0 Å². The number of rotatable bonds is 4. The first-order valence-electron chi connectivity index (χ1n) is 9.40. The highest BCUT2D eigenvalue weighted by molar-refractivity contribution is 5.89. The van der Waals surface area contributed by atoms with Gasteiger partial charge in [-0.3, -0.25) is 9.80 Å². The van der Waals surface area contributed by atoms with Crippen molar-refractivity contribution in [2.24, 2.45) is 11.8 Å². The van der Waals surface area contributed by atoms with Crippen LogP contribution in [0.3, 0.4) is 0 Å². The third-order valence-corrected chi connectivity index (χ3v) is 5.94. The second-order valence-corrected chi connectivity index (χ2v) is 7.75. The number of nitrogens with zero attached hydrogens (tertiary/aromatic N) is 2. The molecule has 4 nitrogen and oxygen atoms in total. The van der Waals surface area contributed by atoms with Gasteiger partial charge in [0.1, 0.15) is 5.82 Å². The Morgan fingerprint density at radius 1 is 1.10 bits per heavy atom. The molecule has 3 atom stereocenters. The fourth-order valence-corrected chi connectivity index (χ4v) is 4.79. The molecule has 29 heavy (non-hydrogen) atoms. The maximum absolute atomic E-state index is 13.7. The van der Waals surface area contributed by atoms with Gasteiger partial charge in [-0.2, -0.15) is 0 Å². The van der Waals surface area contributed by atoms with Crippen LogP contribution in [0, 0.1) is 17.7 Å². The van der Waals surface area contributed by atoms with Crippen molar-refractivity contribution in [1.29, 1.82) is 0 Å². The van der Waals surface area contributed by atoms with E-state index in [1.54, 1.807) is 12.1 Å². The SMILES string of the molecule is COC(=O)c1ccc(CN2C[C@@H]3CN(C)[C@@H](c4cccc(F)c4)[C@@H]3C2)cc1.Cl.Cl. The smallest absolute Gasteiger partial charge is 0.337 e.